The highest BCUT2D eigenvalue weighted by molar-refractivity contribution is 7.85. The number of unbranched alkanes of at least 4 members (excludes halogenated alkanes) is 10. The molecule has 0 aliphatic heterocycles. The maximum absolute atomic E-state index is 14.2. The number of rotatable bonds is 34. The van der Waals surface area contributed by atoms with Gasteiger partial charge in [0, 0.05) is 23.7 Å². The van der Waals surface area contributed by atoms with Gasteiger partial charge in [-0.05, 0) is 83.5 Å². The maximum atomic E-state index is 14.2. The first-order chi connectivity index (χ1) is 27.9. The molecular weight excluding hydrogens is 785 g/mol. The summed E-state index contributed by atoms with van der Waals surface area (Å²) in [6.45, 7) is 14.2. The molecule has 0 aromatic rings. The molecule has 0 bridgehead atoms. The Bertz CT molecular complexity index is 1370. The van der Waals surface area contributed by atoms with Crippen LogP contribution >= 0.6 is 0 Å². The number of hydrogen-bond acceptors (Lipinski definition) is 8. The summed E-state index contributed by atoms with van der Waals surface area (Å²) in [5, 5.41) is 15.4. The highest BCUT2D eigenvalue weighted by Gasteiger charge is 2.41. The van der Waals surface area contributed by atoms with Crippen molar-refractivity contribution >= 4 is 33.9 Å². The number of carboxylic acid groups (broad SMARTS) is 1. The molecule has 352 valence electrons. The van der Waals surface area contributed by atoms with Crippen LogP contribution in [-0.2, 0) is 34.0 Å². The van der Waals surface area contributed by atoms with Gasteiger partial charge in [-0.25, -0.2) is 0 Å². The van der Waals surface area contributed by atoms with Gasteiger partial charge in [0.15, 0.2) is 6.10 Å². The highest BCUT2D eigenvalue weighted by atomic mass is 32.2. The van der Waals surface area contributed by atoms with Gasteiger partial charge in [0.05, 0.1) is 58.5 Å². The number of carbonyl (C=O) groups excluding carboxylic acids is 4. The molecule has 1 aliphatic rings. The number of primary amides is 1. The van der Waals surface area contributed by atoms with Gasteiger partial charge >= 0.3 is 5.97 Å². The van der Waals surface area contributed by atoms with Crippen LogP contribution in [0.15, 0.2) is 0 Å². The van der Waals surface area contributed by atoms with E-state index in [1.807, 2.05) is 0 Å². The zero-order chi connectivity index (χ0) is 45.7. The first-order valence-electron chi connectivity index (χ1n) is 23.5. The molecule has 14 heteroatoms. The molecule has 60 heavy (non-hydrogen) atoms. The number of nitrogens with one attached hydrogen (secondary N) is 1. The second-order valence-corrected chi connectivity index (χ2v) is 21.9. The Balaban J connectivity index is 3.38. The molecule has 13 nitrogen and oxygen atoms in total. The van der Waals surface area contributed by atoms with Crippen LogP contribution in [0.4, 0.5) is 0 Å². The Hall–Kier alpha value is -2.29. The van der Waals surface area contributed by atoms with Crippen LogP contribution in [0.5, 0.6) is 0 Å². The molecule has 1 rings (SSSR count). The van der Waals surface area contributed by atoms with Gasteiger partial charge in [-0.2, -0.15) is 8.42 Å². The van der Waals surface area contributed by atoms with E-state index in [0.717, 1.165) is 32.4 Å². The first kappa shape index (κ1) is 55.7. The predicted molar refractivity (Wildman–Crippen MR) is 238 cm³/mol. The van der Waals surface area contributed by atoms with Crippen molar-refractivity contribution in [1.82, 2.24) is 5.32 Å². The summed E-state index contributed by atoms with van der Waals surface area (Å²) in [6, 6.07) is 0. The van der Waals surface area contributed by atoms with Crippen molar-refractivity contribution in [3.05, 3.63) is 0 Å². The van der Waals surface area contributed by atoms with Gasteiger partial charge in [-0.15, -0.1) is 0 Å². The third-order valence-electron chi connectivity index (χ3n) is 12.9. The van der Waals surface area contributed by atoms with Crippen molar-refractivity contribution in [2.24, 2.45) is 41.2 Å². The molecule has 6 atom stereocenters. The van der Waals surface area contributed by atoms with E-state index < -0.39 is 68.8 Å². The van der Waals surface area contributed by atoms with Crippen LogP contribution in [0.1, 0.15) is 164 Å². The number of amides is 2. The van der Waals surface area contributed by atoms with Gasteiger partial charge < -0.3 is 34.7 Å². The predicted octanol–water partition coefficient (Wildman–Crippen LogP) is 6.27. The van der Waals surface area contributed by atoms with E-state index in [1.54, 1.807) is 13.8 Å². The van der Waals surface area contributed by atoms with E-state index in [2.05, 4.69) is 47.4 Å². The molecule has 0 aromatic heterocycles. The summed E-state index contributed by atoms with van der Waals surface area (Å²) in [7, 11) is 4.36. The van der Waals surface area contributed by atoms with Crippen LogP contribution in [0.25, 0.3) is 0 Å². The SMILES string of the molecule is CCCCCCCC[N+](C)(C)CC(C[N+](C)(C)CCCCCCCC)OC(=O)C(C)CC(CC1CCCC1C(CC(CC)C(N)=O)C(=O)[O-])C(=O)NC(C)(C)CS(=O)(=O)O. The number of ether oxygens (including phenoxy) is 1. The average molecular weight is 874 g/mol. The number of carboxylic acids is 1. The van der Waals surface area contributed by atoms with Crippen molar-refractivity contribution in [3.63, 3.8) is 0 Å². The molecule has 0 saturated heterocycles. The standard InChI is InChI=1S/C46H88N4O9S/c1-11-14-16-18-20-22-27-49(7,8)32-39(33-50(9,10)28-23-21-19-17-15-12-2)59-45(55)35(4)29-38(43(52)48-46(5,6)34-60(56,57)58)30-37-25-24-26-40(37)41(44(53)54)31-36(13-3)42(47)51/h35-41H,11-34H2,1-10H3,(H3-2,47,48,51,52,53,54,56,57,58)/p+1. The van der Waals surface area contributed by atoms with Crippen molar-refractivity contribution < 1.29 is 51.0 Å². The lowest BCUT2D eigenvalue weighted by Crippen LogP contribution is -2.54. The molecule has 1 fully saturated rings. The smallest absolute Gasteiger partial charge is 0.309 e. The number of nitrogens with zero attached hydrogens (tertiary/aromatic N) is 2. The number of likely N-dealkylation sites (N-methyl/N-ethyl adjacent to an activating group) is 2. The third kappa shape index (κ3) is 23.2. The maximum Gasteiger partial charge on any atom is 0.309 e. The number of nitrogens with two attached hydrogens (primary N) is 1. The van der Waals surface area contributed by atoms with Gasteiger partial charge in [0.1, 0.15) is 13.1 Å². The van der Waals surface area contributed by atoms with E-state index in [-0.39, 0.29) is 37.2 Å². The minimum Gasteiger partial charge on any atom is -0.550 e. The second-order valence-electron chi connectivity index (χ2n) is 20.5. The molecule has 0 aromatic carbocycles. The summed E-state index contributed by atoms with van der Waals surface area (Å²) >= 11 is 0. The van der Waals surface area contributed by atoms with Crippen molar-refractivity contribution in [3.8, 4) is 0 Å². The van der Waals surface area contributed by atoms with Gasteiger partial charge in [0.25, 0.3) is 10.1 Å². The number of hydrogen-bond donors (Lipinski definition) is 3. The van der Waals surface area contributed by atoms with E-state index >= 15 is 0 Å². The Morgan fingerprint density at radius 2 is 1.32 bits per heavy atom. The molecule has 1 saturated carbocycles. The summed E-state index contributed by atoms with van der Waals surface area (Å²) in [5.41, 5.74) is 4.28. The molecule has 0 radical (unpaired) electrons. The lowest BCUT2D eigenvalue weighted by Gasteiger charge is -2.38. The van der Waals surface area contributed by atoms with Crippen LogP contribution in [-0.4, -0.2) is 117 Å². The van der Waals surface area contributed by atoms with Crippen LogP contribution in [0.3, 0.4) is 0 Å². The molecule has 0 spiro atoms. The van der Waals surface area contributed by atoms with Crippen LogP contribution in [0, 0.1) is 35.5 Å². The van der Waals surface area contributed by atoms with Crippen LogP contribution in [0.2, 0.25) is 0 Å². The Kier molecular flexibility index (Phi) is 25.1. The molecule has 2 amide bonds. The highest BCUT2D eigenvalue weighted by Crippen LogP contribution is 2.44. The number of carbonyl (C=O) groups is 4. The Labute approximate surface area is 365 Å². The van der Waals surface area contributed by atoms with Crippen molar-refractivity contribution in [2.45, 2.75) is 175 Å². The fraction of sp³-hybridized carbons (Fsp3) is 0.913. The monoisotopic (exact) mass is 874 g/mol. The van der Waals surface area contributed by atoms with E-state index in [4.69, 9.17) is 10.5 Å². The van der Waals surface area contributed by atoms with Crippen LogP contribution < -0.4 is 16.2 Å². The van der Waals surface area contributed by atoms with Gasteiger partial charge in [-0.1, -0.05) is 91.9 Å². The number of aliphatic carboxylic acids is 1. The second kappa shape index (κ2) is 27.0. The lowest BCUT2D eigenvalue weighted by atomic mass is 9.74. The normalized spacial score (nSPS) is 18.5. The Morgan fingerprint density at radius 1 is 0.817 bits per heavy atom. The van der Waals surface area contributed by atoms with Gasteiger partial charge in [0.2, 0.25) is 11.8 Å². The molecule has 0 heterocycles. The topological polar surface area (TPSA) is 193 Å². The third-order valence-corrected chi connectivity index (χ3v) is 14.0. The summed E-state index contributed by atoms with van der Waals surface area (Å²) in [5.74, 6) is -7.05. The largest absolute Gasteiger partial charge is 0.550 e. The molecule has 4 N–H and O–H groups in total. The summed E-state index contributed by atoms with van der Waals surface area (Å²) in [6.07, 6.45) is 16.8. The quantitative estimate of drug-likeness (QED) is 0.0289. The fourth-order valence-corrected chi connectivity index (χ4v) is 10.6. The zero-order valence-corrected chi connectivity index (χ0v) is 40.4. The lowest BCUT2D eigenvalue weighted by molar-refractivity contribution is -0.914. The zero-order valence-electron chi connectivity index (χ0n) is 39.6. The number of esters is 1. The van der Waals surface area contributed by atoms with E-state index in [9.17, 15) is 37.3 Å². The van der Waals surface area contributed by atoms with Gasteiger partial charge in [-0.3, -0.25) is 18.9 Å². The Morgan fingerprint density at radius 3 is 1.77 bits per heavy atom. The minimum atomic E-state index is -4.43. The molecule has 1 aliphatic carbocycles. The summed E-state index contributed by atoms with van der Waals surface area (Å²) < 4.78 is 41.2. The van der Waals surface area contributed by atoms with E-state index in [1.165, 1.54) is 78.1 Å². The van der Waals surface area contributed by atoms with Crippen molar-refractivity contribution in [1.29, 1.82) is 0 Å². The minimum absolute atomic E-state index is 0.0547. The number of quaternary nitrogens is 2. The molecule has 6 unspecified atom stereocenters. The summed E-state index contributed by atoms with van der Waals surface area (Å²) in [4.78, 5) is 53.0. The first-order valence-corrected chi connectivity index (χ1v) is 25.1. The molecular formula is C46H89N4O9S+. The average Bonchev–Trinajstić information content (AvgIpc) is 3.56. The fourth-order valence-electron chi connectivity index (χ4n) is 9.59. The van der Waals surface area contributed by atoms with E-state index in [0.29, 0.717) is 41.3 Å². The van der Waals surface area contributed by atoms with Crippen molar-refractivity contribution in [2.75, 3.05) is 60.1 Å².